The van der Waals surface area contributed by atoms with Crippen molar-refractivity contribution >= 4 is 28.9 Å². The second kappa shape index (κ2) is 10.9. The van der Waals surface area contributed by atoms with Crippen LogP contribution in [0.3, 0.4) is 0 Å². The molecule has 0 aliphatic rings. The summed E-state index contributed by atoms with van der Waals surface area (Å²) in [6.07, 6.45) is 1.14. The maximum Gasteiger partial charge on any atom is 0.414 e. The van der Waals surface area contributed by atoms with E-state index >= 15 is 0 Å². The third kappa shape index (κ3) is 4.94. The SMILES string of the molecule is C.COC(=O)N(Cc1ccccc1)c1c(N)nc(-c2nc(Cc3ccccc3F)n3ncccc23)nc1N. The Bertz CT molecular complexity index is 1570. The van der Waals surface area contributed by atoms with E-state index in [4.69, 9.17) is 16.2 Å². The van der Waals surface area contributed by atoms with Crippen molar-refractivity contribution in [2.75, 3.05) is 23.5 Å². The summed E-state index contributed by atoms with van der Waals surface area (Å²) in [6.45, 7) is 0.148. The van der Waals surface area contributed by atoms with E-state index in [-0.39, 0.29) is 49.4 Å². The Hall–Kier alpha value is -5.06. The van der Waals surface area contributed by atoms with Crippen molar-refractivity contribution in [1.29, 1.82) is 0 Å². The summed E-state index contributed by atoms with van der Waals surface area (Å²) in [5, 5.41) is 4.37. The summed E-state index contributed by atoms with van der Waals surface area (Å²) >= 11 is 0. The molecule has 0 unspecified atom stereocenters. The van der Waals surface area contributed by atoms with Gasteiger partial charge in [-0.25, -0.2) is 28.7 Å². The Morgan fingerprint density at radius 3 is 2.34 bits per heavy atom. The van der Waals surface area contributed by atoms with Gasteiger partial charge in [0.05, 0.1) is 19.2 Å². The van der Waals surface area contributed by atoms with Crippen molar-refractivity contribution in [3.63, 3.8) is 0 Å². The zero-order valence-corrected chi connectivity index (χ0v) is 19.9. The van der Waals surface area contributed by atoms with Crippen LogP contribution in [0.4, 0.5) is 26.5 Å². The molecule has 4 N–H and O–H groups in total. The van der Waals surface area contributed by atoms with Crippen LogP contribution in [0.15, 0.2) is 72.9 Å². The van der Waals surface area contributed by atoms with Crippen LogP contribution in [-0.4, -0.2) is 37.8 Å². The van der Waals surface area contributed by atoms with Crippen LogP contribution in [-0.2, 0) is 17.7 Å². The average molecular weight is 515 g/mol. The minimum Gasteiger partial charge on any atom is -0.452 e. The molecule has 194 valence electrons. The number of hydrogen-bond donors (Lipinski definition) is 2. The van der Waals surface area contributed by atoms with E-state index in [1.807, 2.05) is 30.3 Å². The van der Waals surface area contributed by atoms with Gasteiger partial charge < -0.3 is 16.2 Å². The van der Waals surface area contributed by atoms with E-state index in [1.54, 1.807) is 41.0 Å². The van der Waals surface area contributed by atoms with E-state index in [9.17, 15) is 9.18 Å². The van der Waals surface area contributed by atoms with E-state index < -0.39 is 6.09 Å². The number of anilines is 3. The third-order valence-corrected chi connectivity index (χ3v) is 5.78. The monoisotopic (exact) mass is 514 g/mol. The summed E-state index contributed by atoms with van der Waals surface area (Å²) in [6, 6.07) is 19.3. The molecule has 5 rings (SSSR count). The molecule has 5 aromatic rings. The van der Waals surface area contributed by atoms with Gasteiger partial charge in [0, 0.05) is 12.6 Å². The number of carbonyl (C=O) groups excluding carboxylic acids is 1. The summed E-state index contributed by atoms with van der Waals surface area (Å²) in [7, 11) is 1.27. The molecule has 0 spiro atoms. The first-order valence-corrected chi connectivity index (χ1v) is 11.3. The van der Waals surface area contributed by atoms with Gasteiger partial charge in [-0.05, 0) is 29.3 Å². The van der Waals surface area contributed by atoms with Gasteiger partial charge in [-0.15, -0.1) is 0 Å². The van der Waals surface area contributed by atoms with Crippen molar-refractivity contribution in [3.05, 3.63) is 95.7 Å². The first kappa shape index (κ1) is 26.0. The first-order chi connectivity index (χ1) is 18.0. The van der Waals surface area contributed by atoms with Crippen molar-refractivity contribution in [3.8, 4) is 11.5 Å². The molecule has 3 aromatic heterocycles. The second-order valence-corrected chi connectivity index (χ2v) is 8.17. The number of carbonyl (C=O) groups is 1. The van der Waals surface area contributed by atoms with Crippen molar-refractivity contribution in [2.45, 2.75) is 20.4 Å². The Kier molecular flexibility index (Phi) is 7.47. The van der Waals surface area contributed by atoms with Gasteiger partial charge in [0.25, 0.3) is 0 Å². The molecule has 0 aliphatic heterocycles. The molecule has 0 fully saturated rings. The number of nitrogens with zero attached hydrogens (tertiary/aromatic N) is 6. The highest BCUT2D eigenvalue weighted by Gasteiger charge is 2.26. The summed E-state index contributed by atoms with van der Waals surface area (Å²) < 4.78 is 20.9. The van der Waals surface area contributed by atoms with Gasteiger partial charge in [0.15, 0.2) is 17.5 Å². The number of fused-ring (bicyclic) bond motifs is 1. The zero-order valence-electron chi connectivity index (χ0n) is 19.9. The summed E-state index contributed by atoms with van der Waals surface area (Å²) in [5.41, 5.74) is 15.0. The molecule has 0 bridgehead atoms. The van der Waals surface area contributed by atoms with Gasteiger partial charge in [0.1, 0.15) is 23.0 Å². The van der Waals surface area contributed by atoms with Crippen LogP contribution in [0.2, 0.25) is 0 Å². The van der Waals surface area contributed by atoms with E-state index in [1.165, 1.54) is 18.1 Å². The standard InChI is InChI=1S/C26H23FN8O2.CH4/c1-37-26(36)34(15-16-8-3-2-4-9-16)22-23(28)32-25(33-24(22)29)21-19-12-7-13-30-35(19)20(31-21)14-17-10-5-6-11-18(17)27;/h2-13H,14-15H2,1H3,(H4,28,29,32,33);1H4. The highest BCUT2D eigenvalue weighted by atomic mass is 19.1. The quantitative estimate of drug-likeness (QED) is 0.338. The van der Waals surface area contributed by atoms with Crippen LogP contribution in [0.5, 0.6) is 0 Å². The summed E-state index contributed by atoms with van der Waals surface area (Å²) in [4.78, 5) is 27.4. The highest BCUT2D eigenvalue weighted by molar-refractivity contribution is 5.95. The molecule has 38 heavy (non-hydrogen) atoms. The summed E-state index contributed by atoms with van der Waals surface area (Å²) in [5.74, 6) is 0.246. The Balaban J connectivity index is 0.00000336. The maximum atomic E-state index is 14.3. The van der Waals surface area contributed by atoms with Gasteiger partial charge in [-0.1, -0.05) is 56.0 Å². The number of nitrogens with two attached hydrogens (primary N) is 2. The fourth-order valence-corrected chi connectivity index (χ4v) is 4.07. The molecule has 11 heteroatoms. The number of nitrogen functional groups attached to an aromatic ring is 2. The lowest BCUT2D eigenvalue weighted by Crippen LogP contribution is -2.32. The van der Waals surface area contributed by atoms with Gasteiger partial charge in [-0.3, -0.25) is 4.90 Å². The third-order valence-electron chi connectivity index (χ3n) is 5.78. The first-order valence-electron chi connectivity index (χ1n) is 11.3. The number of hydrogen-bond acceptors (Lipinski definition) is 8. The second-order valence-electron chi connectivity index (χ2n) is 8.17. The van der Waals surface area contributed by atoms with Gasteiger partial charge >= 0.3 is 6.09 Å². The molecular weight excluding hydrogens is 487 g/mol. The molecule has 1 amide bonds. The predicted octanol–water partition coefficient (Wildman–Crippen LogP) is 4.49. The van der Waals surface area contributed by atoms with E-state index in [0.717, 1.165) is 5.56 Å². The van der Waals surface area contributed by atoms with Crippen LogP contribution in [0.1, 0.15) is 24.4 Å². The van der Waals surface area contributed by atoms with Crippen molar-refractivity contribution in [1.82, 2.24) is 24.6 Å². The number of imidazole rings is 1. The molecular formula is C27H27FN8O2. The van der Waals surface area contributed by atoms with Crippen LogP contribution >= 0.6 is 0 Å². The minimum atomic E-state index is -0.664. The molecule has 0 aliphatic carbocycles. The van der Waals surface area contributed by atoms with Crippen molar-refractivity contribution in [2.24, 2.45) is 0 Å². The minimum absolute atomic E-state index is 0. The Morgan fingerprint density at radius 2 is 1.66 bits per heavy atom. The van der Waals surface area contributed by atoms with Gasteiger partial charge in [0.2, 0.25) is 0 Å². The van der Waals surface area contributed by atoms with Crippen LogP contribution in [0, 0.1) is 5.82 Å². The fourth-order valence-electron chi connectivity index (χ4n) is 4.07. The Labute approximate surface area is 218 Å². The normalized spacial score (nSPS) is 10.7. The molecule has 0 radical (unpaired) electrons. The lowest BCUT2D eigenvalue weighted by atomic mass is 10.1. The average Bonchev–Trinajstić information content (AvgIpc) is 3.27. The molecule has 0 saturated heterocycles. The lowest BCUT2D eigenvalue weighted by Gasteiger charge is -2.23. The van der Waals surface area contributed by atoms with Crippen LogP contribution < -0.4 is 16.4 Å². The number of halogens is 1. The highest BCUT2D eigenvalue weighted by Crippen LogP contribution is 2.33. The maximum absolute atomic E-state index is 14.3. The molecule has 2 aromatic carbocycles. The van der Waals surface area contributed by atoms with Crippen molar-refractivity contribution < 1.29 is 13.9 Å². The number of methoxy groups -OCH3 is 1. The fraction of sp³-hybridized carbons (Fsp3) is 0.148. The zero-order chi connectivity index (χ0) is 25.9. The number of ether oxygens (including phenoxy) is 1. The van der Waals surface area contributed by atoms with E-state index in [2.05, 4.69) is 20.1 Å². The largest absolute Gasteiger partial charge is 0.452 e. The number of benzene rings is 2. The Morgan fingerprint density at radius 1 is 0.974 bits per heavy atom. The lowest BCUT2D eigenvalue weighted by molar-refractivity contribution is 0.178. The molecule has 10 nitrogen and oxygen atoms in total. The topological polar surface area (TPSA) is 138 Å². The molecule has 3 heterocycles. The molecule has 0 saturated carbocycles. The van der Waals surface area contributed by atoms with Gasteiger partial charge in [-0.2, -0.15) is 5.10 Å². The van der Waals surface area contributed by atoms with Crippen LogP contribution in [0.25, 0.3) is 17.0 Å². The smallest absolute Gasteiger partial charge is 0.414 e. The number of rotatable bonds is 6. The number of amides is 1. The predicted molar refractivity (Wildman–Crippen MR) is 144 cm³/mol. The van der Waals surface area contributed by atoms with E-state index in [0.29, 0.717) is 22.6 Å². The number of aromatic nitrogens is 5. The molecule has 0 atom stereocenters.